The third-order valence-corrected chi connectivity index (χ3v) is 5.33. The summed E-state index contributed by atoms with van der Waals surface area (Å²) in [5, 5.41) is 4.53. The van der Waals surface area contributed by atoms with Crippen LogP contribution in [0.25, 0.3) is 22.0 Å². The van der Waals surface area contributed by atoms with E-state index in [0.29, 0.717) is 22.3 Å². The standard InChI is InChI=1S/C21H18ClN5O3S/c1-30-20-6-4-15(9-18(20)22)26-21-17-8-13(3-5-19(17)24-12-25-21)14-7-16(11-23-10-14)27-31(2,28)29/h3-12,27H,1-2H3,(H,24,25,26). The number of methoxy groups -OCH3 is 1. The number of hydrogen-bond donors (Lipinski definition) is 2. The second-order valence-electron chi connectivity index (χ2n) is 6.77. The van der Waals surface area contributed by atoms with Crippen LogP contribution in [0.3, 0.4) is 0 Å². The Morgan fingerprint density at radius 2 is 1.81 bits per heavy atom. The first kappa shape index (κ1) is 20.8. The minimum atomic E-state index is -3.40. The molecule has 0 saturated heterocycles. The van der Waals surface area contributed by atoms with Crippen molar-refractivity contribution in [2.75, 3.05) is 23.4 Å². The van der Waals surface area contributed by atoms with Crippen molar-refractivity contribution in [2.24, 2.45) is 0 Å². The predicted molar refractivity (Wildman–Crippen MR) is 123 cm³/mol. The third kappa shape index (κ3) is 4.84. The predicted octanol–water partition coefficient (Wildman–Crippen LogP) is 4.47. The Balaban J connectivity index is 1.73. The van der Waals surface area contributed by atoms with Gasteiger partial charge in [0.15, 0.2) is 0 Å². The number of nitrogens with one attached hydrogen (secondary N) is 2. The molecule has 0 fully saturated rings. The zero-order valence-corrected chi connectivity index (χ0v) is 18.2. The van der Waals surface area contributed by atoms with Crippen LogP contribution in [0.1, 0.15) is 0 Å². The molecular weight excluding hydrogens is 438 g/mol. The molecule has 2 heterocycles. The van der Waals surface area contributed by atoms with Crippen molar-refractivity contribution in [3.8, 4) is 16.9 Å². The molecule has 158 valence electrons. The highest BCUT2D eigenvalue weighted by molar-refractivity contribution is 7.92. The summed E-state index contributed by atoms with van der Waals surface area (Å²) >= 11 is 6.23. The number of anilines is 3. The lowest BCUT2D eigenvalue weighted by Crippen LogP contribution is -2.09. The Bertz CT molecular complexity index is 1380. The molecule has 0 spiro atoms. The number of benzene rings is 2. The van der Waals surface area contributed by atoms with Crippen LogP contribution in [0.2, 0.25) is 5.02 Å². The van der Waals surface area contributed by atoms with E-state index in [1.165, 1.54) is 12.5 Å². The Labute approximate surface area is 184 Å². The lowest BCUT2D eigenvalue weighted by atomic mass is 10.0. The highest BCUT2D eigenvalue weighted by Crippen LogP contribution is 2.32. The zero-order chi connectivity index (χ0) is 22.0. The molecule has 0 unspecified atom stereocenters. The molecule has 2 N–H and O–H groups in total. The molecule has 0 amide bonds. The van der Waals surface area contributed by atoms with Gasteiger partial charge in [0.2, 0.25) is 10.0 Å². The summed E-state index contributed by atoms with van der Waals surface area (Å²) in [6.07, 6.45) is 5.69. The number of ether oxygens (including phenoxy) is 1. The van der Waals surface area contributed by atoms with Crippen LogP contribution < -0.4 is 14.8 Å². The molecule has 0 atom stereocenters. The van der Waals surface area contributed by atoms with Crippen molar-refractivity contribution < 1.29 is 13.2 Å². The van der Waals surface area contributed by atoms with Gasteiger partial charge in [0.25, 0.3) is 0 Å². The van der Waals surface area contributed by atoms with E-state index in [2.05, 4.69) is 25.0 Å². The number of fused-ring (bicyclic) bond motifs is 1. The Kier molecular flexibility index (Phi) is 5.62. The van der Waals surface area contributed by atoms with Gasteiger partial charge in [-0.3, -0.25) is 9.71 Å². The third-order valence-electron chi connectivity index (χ3n) is 4.42. The van der Waals surface area contributed by atoms with Crippen LogP contribution >= 0.6 is 11.6 Å². The fourth-order valence-corrected chi connectivity index (χ4v) is 3.88. The highest BCUT2D eigenvalue weighted by atomic mass is 35.5. The normalized spacial score (nSPS) is 11.3. The smallest absolute Gasteiger partial charge is 0.229 e. The van der Waals surface area contributed by atoms with Crippen molar-refractivity contribution >= 4 is 49.7 Å². The minimum absolute atomic E-state index is 0.385. The van der Waals surface area contributed by atoms with Crippen molar-refractivity contribution in [1.82, 2.24) is 15.0 Å². The summed E-state index contributed by atoms with van der Waals surface area (Å²) < 4.78 is 30.7. The molecule has 2 aromatic carbocycles. The van der Waals surface area contributed by atoms with E-state index >= 15 is 0 Å². The molecule has 8 nitrogen and oxygen atoms in total. The topological polar surface area (TPSA) is 106 Å². The molecule has 0 aliphatic heterocycles. The van der Waals surface area contributed by atoms with Crippen LogP contribution in [0.4, 0.5) is 17.2 Å². The second kappa shape index (κ2) is 8.37. The second-order valence-corrected chi connectivity index (χ2v) is 8.92. The quantitative estimate of drug-likeness (QED) is 0.441. The summed E-state index contributed by atoms with van der Waals surface area (Å²) in [5.74, 6) is 1.18. The summed E-state index contributed by atoms with van der Waals surface area (Å²) in [6, 6.07) is 12.8. The van der Waals surface area contributed by atoms with Crippen LogP contribution in [-0.2, 0) is 10.0 Å². The first-order valence-electron chi connectivity index (χ1n) is 9.11. The molecule has 10 heteroatoms. The first-order chi connectivity index (χ1) is 14.8. The molecular formula is C21H18ClN5O3S. The Morgan fingerprint density at radius 3 is 2.55 bits per heavy atom. The average molecular weight is 456 g/mol. The summed E-state index contributed by atoms with van der Waals surface area (Å²) in [5.41, 5.74) is 3.47. The van der Waals surface area contributed by atoms with E-state index < -0.39 is 10.0 Å². The highest BCUT2D eigenvalue weighted by Gasteiger charge is 2.10. The van der Waals surface area contributed by atoms with Gasteiger partial charge in [0.1, 0.15) is 17.9 Å². The monoisotopic (exact) mass is 455 g/mol. The molecule has 31 heavy (non-hydrogen) atoms. The minimum Gasteiger partial charge on any atom is -0.495 e. The van der Waals surface area contributed by atoms with Gasteiger partial charge in [-0.25, -0.2) is 18.4 Å². The SMILES string of the molecule is COc1ccc(Nc2ncnc3ccc(-c4cncc(NS(C)(=O)=O)c4)cc23)cc1Cl. The van der Waals surface area contributed by atoms with Gasteiger partial charge in [-0.1, -0.05) is 17.7 Å². The van der Waals surface area contributed by atoms with Crippen LogP contribution in [0, 0.1) is 0 Å². The van der Waals surface area contributed by atoms with Gasteiger partial charge in [-0.15, -0.1) is 0 Å². The van der Waals surface area contributed by atoms with E-state index in [1.54, 1.807) is 31.5 Å². The van der Waals surface area contributed by atoms with Gasteiger partial charge in [0, 0.05) is 22.8 Å². The van der Waals surface area contributed by atoms with Gasteiger partial charge in [-0.05, 0) is 42.0 Å². The summed E-state index contributed by atoms with van der Waals surface area (Å²) in [6.45, 7) is 0. The van der Waals surface area contributed by atoms with Gasteiger partial charge in [-0.2, -0.15) is 0 Å². The Morgan fingerprint density at radius 1 is 0.968 bits per heavy atom. The Hall–Kier alpha value is -3.43. The summed E-state index contributed by atoms with van der Waals surface area (Å²) in [7, 11) is -1.84. The maximum Gasteiger partial charge on any atom is 0.229 e. The summed E-state index contributed by atoms with van der Waals surface area (Å²) in [4.78, 5) is 12.8. The number of halogens is 1. The lowest BCUT2D eigenvalue weighted by Gasteiger charge is -2.11. The van der Waals surface area contributed by atoms with Crippen molar-refractivity contribution in [2.45, 2.75) is 0 Å². The molecule has 0 bridgehead atoms. The van der Waals surface area contributed by atoms with E-state index in [0.717, 1.165) is 34.0 Å². The molecule has 0 aliphatic carbocycles. The number of pyridine rings is 1. The molecule has 0 saturated carbocycles. The fraction of sp³-hybridized carbons (Fsp3) is 0.0952. The van der Waals surface area contributed by atoms with E-state index in [4.69, 9.17) is 16.3 Å². The fourth-order valence-electron chi connectivity index (χ4n) is 3.08. The van der Waals surface area contributed by atoms with Crippen molar-refractivity contribution in [3.63, 3.8) is 0 Å². The maximum absolute atomic E-state index is 11.5. The lowest BCUT2D eigenvalue weighted by molar-refractivity contribution is 0.415. The van der Waals surface area contributed by atoms with Crippen molar-refractivity contribution in [1.29, 1.82) is 0 Å². The van der Waals surface area contributed by atoms with E-state index in [-0.39, 0.29) is 0 Å². The molecule has 0 aliphatic rings. The van der Waals surface area contributed by atoms with E-state index in [1.807, 2.05) is 24.3 Å². The number of aromatic nitrogens is 3. The van der Waals surface area contributed by atoms with Crippen LogP contribution in [0.5, 0.6) is 5.75 Å². The van der Waals surface area contributed by atoms with E-state index in [9.17, 15) is 8.42 Å². The number of sulfonamides is 1. The van der Waals surface area contributed by atoms with Gasteiger partial charge >= 0.3 is 0 Å². The number of nitrogens with zero attached hydrogens (tertiary/aromatic N) is 3. The van der Waals surface area contributed by atoms with Crippen LogP contribution in [0.15, 0.2) is 61.2 Å². The van der Waals surface area contributed by atoms with Crippen LogP contribution in [-0.4, -0.2) is 36.7 Å². The van der Waals surface area contributed by atoms with Crippen molar-refractivity contribution in [3.05, 3.63) is 66.2 Å². The largest absolute Gasteiger partial charge is 0.495 e. The molecule has 0 radical (unpaired) electrons. The number of hydrogen-bond acceptors (Lipinski definition) is 7. The maximum atomic E-state index is 11.5. The first-order valence-corrected chi connectivity index (χ1v) is 11.4. The van der Waals surface area contributed by atoms with Gasteiger partial charge in [0.05, 0.1) is 35.8 Å². The van der Waals surface area contributed by atoms with Gasteiger partial charge < -0.3 is 10.1 Å². The molecule has 4 rings (SSSR count). The molecule has 4 aromatic rings. The molecule has 2 aromatic heterocycles. The average Bonchev–Trinajstić information content (AvgIpc) is 2.73. The number of rotatable bonds is 6. The zero-order valence-electron chi connectivity index (χ0n) is 16.6.